The van der Waals surface area contributed by atoms with Crippen molar-refractivity contribution in [2.45, 2.75) is 11.5 Å². The lowest BCUT2D eigenvalue weighted by Crippen LogP contribution is -1.99. The number of benzene rings is 2. The van der Waals surface area contributed by atoms with E-state index in [4.69, 9.17) is 21.8 Å². The van der Waals surface area contributed by atoms with Crippen molar-refractivity contribution in [3.05, 3.63) is 58.9 Å². The lowest BCUT2D eigenvalue weighted by atomic mass is 10.2. The summed E-state index contributed by atoms with van der Waals surface area (Å²) in [5.74, 6) is 1.18. The van der Waals surface area contributed by atoms with Gasteiger partial charge in [0.2, 0.25) is 5.89 Å². The van der Waals surface area contributed by atoms with Crippen LogP contribution in [0.3, 0.4) is 0 Å². The Morgan fingerprint density at radius 2 is 1.90 bits per heavy atom. The normalized spacial score (nSPS) is 12.6. The van der Waals surface area contributed by atoms with Crippen LogP contribution in [-0.2, 0) is 22.3 Å². The zero-order valence-electron chi connectivity index (χ0n) is 11.1. The molecule has 0 fully saturated rings. The van der Waals surface area contributed by atoms with Gasteiger partial charge in [0, 0.05) is 33.3 Å². The van der Waals surface area contributed by atoms with Gasteiger partial charge in [0.1, 0.15) is 11.3 Å². The Labute approximate surface area is 129 Å². The molecule has 1 atom stereocenters. The fourth-order valence-corrected chi connectivity index (χ4v) is 3.20. The third-order valence-electron chi connectivity index (χ3n) is 2.98. The number of oxazole rings is 1. The summed E-state index contributed by atoms with van der Waals surface area (Å²) in [6.45, 7) is 0. The maximum absolute atomic E-state index is 12.2. The largest absolute Gasteiger partial charge is 0.440 e. The second kappa shape index (κ2) is 5.87. The highest BCUT2D eigenvalue weighted by atomic mass is 35.5. The third kappa shape index (κ3) is 3.43. The van der Waals surface area contributed by atoms with Crippen molar-refractivity contribution in [2.24, 2.45) is 0 Å². The van der Waals surface area contributed by atoms with E-state index in [-0.39, 0.29) is 5.75 Å². The SMILES string of the molecule is Nc1ccc2nc(CS(=O)Cc3ccc(Cl)cc3)oc2c1. The van der Waals surface area contributed by atoms with E-state index < -0.39 is 10.8 Å². The molecule has 0 bridgehead atoms. The number of hydrogen-bond donors (Lipinski definition) is 1. The summed E-state index contributed by atoms with van der Waals surface area (Å²) in [6, 6.07) is 12.6. The van der Waals surface area contributed by atoms with Crippen molar-refractivity contribution >= 4 is 39.2 Å². The number of fused-ring (bicyclic) bond motifs is 1. The Hall–Kier alpha value is -1.85. The Morgan fingerprint density at radius 1 is 1.14 bits per heavy atom. The van der Waals surface area contributed by atoms with Gasteiger partial charge in [0.15, 0.2) is 5.58 Å². The molecule has 21 heavy (non-hydrogen) atoms. The van der Waals surface area contributed by atoms with Gasteiger partial charge in [-0.25, -0.2) is 4.98 Å². The molecule has 6 heteroatoms. The predicted octanol–water partition coefficient (Wildman–Crippen LogP) is 3.51. The minimum atomic E-state index is -1.09. The first-order valence-electron chi connectivity index (χ1n) is 6.34. The fraction of sp³-hybridized carbons (Fsp3) is 0.133. The summed E-state index contributed by atoms with van der Waals surface area (Å²) in [5.41, 5.74) is 8.62. The molecule has 0 aliphatic heterocycles. The van der Waals surface area contributed by atoms with Gasteiger partial charge in [-0.1, -0.05) is 23.7 Å². The van der Waals surface area contributed by atoms with Crippen molar-refractivity contribution < 1.29 is 8.63 Å². The molecule has 1 unspecified atom stereocenters. The first-order chi connectivity index (χ1) is 10.1. The monoisotopic (exact) mass is 320 g/mol. The van der Waals surface area contributed by atoms with Crippen molar-refractivity contribution in [1.82, 2.24) is 4.98 Å². The molecule has 4 nitrogen and oxygen atoms in total. The maximum atomic E-state index is 12.2. The zero-order chi connectivity index (χ0) is 14.8. The Morgan fingerprint density at radius 3 is 2.67 bits per heavy atom. The van der Waals surface area contributed by atoms with Crippen LogP contribution in [-0.4, -0.2) is 9.19 Å². The van der Waals surface area contributed by atoms with Gasteiger partial charge in [-0.3, -0.25) is 4.21 Å². The minimum Gasteiger partial charge on any atom is -0.440 e. The minimum absolute atomic E-state index is 0.275. The first kappa shape index (κ1) is 14.1. The zero-order valence-corrected chi connectivity index (χ0v) is 12.7. The number of rotatable bonds is 4. The number of hydrogen-bond acceptors (Lipinski definition) is 4. The second-order valence-electron chi connectivity index (χ2n) is 4.69. The second-order valence-corrected chi connectivity index (χ2v) is 6.58. The Bertz CT molecular complexity index is 799. The van der Waals surface area contributed by atoms with Crippen LogP contribution in [0.5, 0.6) is 0 Å². The summed E-state index contributed by atoms with van der Waals surface area (Å²) < 4.78 is 17.7. The van der Waals surface area contributed by atoms with Crippen LogP contribution in [0.25, 0.3) is 11.1 Å². The quantitative estimate of drug-likeness (QED) is 0.747. The summed E-state index contributed by atoms with van der Waals surface area (Å²) >= 11 is 5.82. The van der Waals surface area contributed by atoms with E-state index in [2.05, 4.69) is 4.98 Å². The predicted molar refractivity (Wildman–Crippen MR) is 85.4 cm³/mol. The van der Waals surface area contributed by atoms with E-state index in [0.717, 1.165) is 11.1 Å². The van der Waals surface area contributed by atoms with Crippen LogP contribution in [0, 0.1) is 0 Å². The van der Waals surface area contributed by atoms with Gasteiger partial charge in [0.05, 0.1) is 0 Å². The average molecular weight is 321 g/mol. The molecule has 0 saturated heterocycles. The van der Waals surface area contributed by atoms with Gasteiger partial charge in [0.25, 0.3) is 0 Å². The molecule has 3 aromatic rings. The average Bonchev–Trinajstić information content (AvgIpc) is 2.82. The lowest BCUT2D eigenvalue weighted by Gasteiger charge is -2.00. The molecule has 0 saturated carbocycles. The third-order valence-corrected chi connectivity index (χ3v) is 4.46. The van der Waals surface area contributed by atoms with Crippen molar-refractivity contribution in [3.63, 3.8) is 0 Å². The summed E-state index contributed by atoms with van der Waals surface area (Å²) in [7, 11) is -1.09. The molecule has 0 aliphatic rings. The van der Waals surface area contributed by atoms with Crippen LogP contribution in [0.2, 0.25) is 5.02 Å². The van der Waals surface area contributed by atoms with Crippen LogP contribution < -0.4 is 5.73 Å². The number of halogens is 1. The molecule has 0 amide bonds. The van der Waals surface area contributed by atoms with Gasteiger partial charge >= 0.3 is 0 Å². The molecule has 3 rings (SSSR count). The van der Waals surface area contributed by atoms with Gasteiger partial charge in [-0.2, -0.15) is 0 Å². The molecule has 2 aromatic carbocycles. The van der Waals surface area contributed by atoms with E-state index in [0.29, 0.717) is 27.9 Å². The number of nitrogen functional groups attached to an aromatic ring is 1. The van der Waals surface area contributed by atoms with Crippen molar-refractivity contribution in [2.75, 3.05) is 5.73 Å². The molecule has 1 heterocycles. The van der Waals surface area contributed by atoms with Crippen LogP contribution in [0.1, 0.15) is 11.5 Å². The maximum Gasteiger partial charge on any atom is 0.208 e. The van der Waals surface area contributed by atoms with Crippen LogP contribution in [0.15, 0.2) is 46.9 Å². The molecule has 108 valence electrons. The van der Waals surface area contributed by atoms with E-state index in [9.17, 15) is 4.21 Å². The fourth-order valence-electron chi connectivity index (χ4n) is 2.01. The smallest absolute Gasteiger partial charge is 0.208 e. The summed E-state index contributed by atoms with van der Waals surface area (Å²) in [6.07, 6.45) is 0. The topological polar surface area (TPSA) is 69.1 Å². The highest BCUT2D eigenvalue weighted by Crippen LogP contribution is 2.20. The Kier molecular flexibility index (Phi) is 3.94. The van der Waals surface area contributed by atoms with E-state index in [1.54, 1.807) is 30.3 Å². The molecule has 1 aromatic heterocycles. The molecular formula is C15H13ClN2O2S. The van der Waals surface area contributed by atoms with Gasteiger partial charge < -0.3 is 10.2 Å². The van der Waals surface area contributed by atoms with Gasteiger partial charge in [-0.15, -0.1) is 0 Å². The van der Waals surface area contributed by atoms with E-state index >= 15 is 0 Å². The highest BCUT2D eigenvalue weighted by molar-refractivity contribution is 7.83. The van der Waals surface area contributed by atoms with Gasteiger partial charge in [-0.05, 0) is 29.8 Å². The van der Waals surface area contributed by atoms with Crippen molar-refractivity contribution in [1.29, 1.82) is 0 Å². The molecule has 2 N–H and O–H groups in total. The molecule has 0 aliphatic carbocycles. The number of nitrogens with zero attached hydrogens (tertiary/aromatic N) is 1. The van der Waals surface area contributed by atoms with E-state index in [1.807, 2.05) is 12.1 Å². The van der Waals surface area contributed by atoms with Crippen LogP contribution in [0.4, 0.5) is 5.69 Å². The molecule has 0 radical (unpaired) electrons. The lowest BCUT2D eigenvalue weighted by molar-refractivity contribution is 0.552. The van der Waals surface area contributed by atoms with E-state index in [1.165, 1.54) is 0 Å². The molecular weight excluding hydrogens is 308 g/mol. The summed E-state index contributed by atoms with van der Waals surface area (Å²) in [4.78, 5) is 4.31. The van der Waals surface area contributed by atoms with Crippen LogP contribution >= 0.6 is 11.6 Å². The molecule has 0 spiro atoms. The van der Waals surface area contributed by atoms with Crippen molar-refractivity contribution in [3.8, 4) is 0 Å². The standard InChI is InChI=1S/C15H13ClN2O2S/c16-11-3-1-10(2-4-11)8-21(19)9-15-18-13-6-5-12(17)7-14(13)20-15/h1-7H,8-9,17H2. The summed E-state index contributed by atoms with van der Waals surface area (Å²) in [5, 5.41) is 0.668. The highest BCUT2D eigenvalue weighted by Gasteiger charge is 2.10. The first-order valence-corrected chi connectivity index (χ1v) is 8.21. The number of anilines is 1. The Balaban J connectivity index is 1.72. The number of aromatic nitrogens is 1. The number of nitrogens with two attached hydrogens (primary N) is 1.